The Labute approximate surface area is 345 Å². The number of nitrogens with one attached hydrogen (secondary N) is 10. The predicted molar refractivity (Wildman–Crippen MR) is 232 cm³/mol. The lowest BCUT2D eigenvalue weighted by Crippen LogP contribution is -2.27. The number of guanidine groups is 4. The Kier molecular flexibility index (Phi) is 17.6. The molecule has 0 aliphatic rings. The highest BCUT2D eigenvalue weighted by atomic mass is 16.5. The summed E-state index contributed by atoms with van der Waals surface area (Å²) in [6, 6.07) is 14.3. The van der Waals surface area contributed by atoms with Crippen LogP contribution in [-0.4, -0.2) is 92.0 Å². The van der Waals surface area contributed by atoms with Gasteiger partial charge in [-0.15, -0.1) is 0 Å². The minimum absolute atomic E-state index is 0.0585. The molecule has 23 nitrogen and oxygen atoms in total. The van der Waals surface area contributed by atoms with Crippen molar-refractivity contribution in [1.29, 1.82) is 21.6 Å². The molecule has 0 aliphatic heterocycles. The van der Waals surface area contributed by atoms with E-state index in [4.69, 9.17) is 58.8 Å². The van der Waals surface area contributed by atoms with Crippen molar-refractivity contribution in [1.82, 2.24) is 21.7 Å². The molecule has 23 heteroatoms. The number of hydrogen-bond donors (Lipinski definition) is 14. The zero-order valence-corrected chi connectivity index (χ0v) is 33.7. The molecule has 0 fully saturated rings. The van der Waals surface area contributed by atoms with Gasteiger partial charge < -0.3 is 47.8 Å². The standard InChI is InChI=1S/C37H50N18O5/c1-19(48-52-34(38)39)23-10-24(20(2)49-53-35(40)41)14-29(13-23)46-32(56)27-12-28(18-31(17-27)60-9-8-59-7-6-58-5)33(57)47-30-15-25(21(3)50-54-36(42)43)11-26(16-30)22(4)51-55-37(44)45/h10-18H,6-9H2,1-5H3,(H,46,56)(H,47,57)(H4,38,39,52)(H4,40,41,53)(H4,42,43,54)(H4,44,45,55)/b48-19+,49-20+,50-21+,51-22+. The number of nitrogens with two attached hydrogens (primary N) is 4. The third-order valence-electron chi connectivity index (χ3n) is 7.79. The number of nitrogens with zero attached hydrogens (tertiary/aromatic N) is 4. The summed E-state index contributed by atoms with van der Waals surface area (Å²) in [4.78, 5) is 28.0. The number of hydrazone groups is 4. The van der Waals surface area contributed by atoms with Gasteiger partial charge in [-0.3, -0.25) is 31.2 Å². The number of carbonyl (C=O) groups excluding carboxylic acids is 2. The molecular formula is C37H50N18O5. The summed E-state index contributed by atoms with van der Waals surface area (Å²) in [7, 11) is 1.55. The number of anilines is 2. The van der Waals surface area contributed by atoms with E-state index in [1.54, 1.807) is 71.2 Å². The number of hydrogen-bond acceptors (Lipinski definition) is 13. The van der Waals surface area contributed by atoms with Crippen LogP contribution in [0.25, 0.3) is 0 Å². The van der Waals surface area contributed by atoms with Gasteiger partial charge >= 0.3 is 0 Å². The number of methoxy groups -OCH3 is 1. The molecule has 0 aliphatic carbocycles. The third kappa shape index (κ3) is 15.5. The number of benzene rings is 3. The Morgan fingerprint density at radius 1 is 0.500 bits per heavy atom. The molecule has 0 aromatic heterocycles. The zero-order chi connectivity index (χ0) is 44.4. The monoisotopic (exact) mass is 826 g/mol. The van der Waals surface area contributed by atoms with E-state index < -0.39 is 11.8 Å². The second kappa shape index (κ2) is 22.7. The topological polar surface area (TPSA) is 383 Å². The van der Waals surface area contributed by atoms with Gasteiger partial charge in [0.15, 0.2) is 0 Å². The maximum atomic E-state index is 14.0. The molecule has 0 bridgehead atoms. The van der Waals surface area contributed by atoms with Gasteiger partial charge in [0.25, 0.3) is 11.8 Å². The largest absolute Gasteiger partial charge is 0.491 e. The maximum Gasteiger partial charge on any atom is 0.255 e. The van der Waals surface area contributed by atoms with Gasteiger partial charge in [0.2, 0.25) is 23.8 Å². The first-order valence-corrected chi connectivity index (χ1v) is 17.8. The molecule has 3 rings (SSSR count). The zero-order valence-electron chi connectivity index (χ0n) is 33.7. The van der Waals surface area contributed by atoms with Crippen molar-refractivity contribution in [2.75, 3.05) is 44.2 Å². The summed E-state index contributed by atoms with van der Waals surface area (Å²) in [6.45, 7) is 7.68. The molecular weight excluding hydrogens is 777 g/mol. The molecule has 0 saturated heterocycles. The molecule has 0 spiro atoms. The highest BCUT2D eigenvalue weighted by molar-refractivity contribution is 6.12. The Bertz CT molecular complexity index is 1990. The average Bonchev–Trinajstić information content (AvgIpc) is 3.20. The van der Waals surface area contributed by atoms with E-state index >= 15 is 0 Å². The van der Waals surface area contributed by atoms with Crippen LogP contribution in [0.2, 0.25) is 0 Å². The van der Waals surface area contributed by atoms with Crippen LogP contribution in [0.15, 0.2) is 75.0 Å². The normalized spacial score (nSPS) is 11.9. The van der Waals surface area contributed by atoms with E-state index in [9.17, 15) is 9.59 Å². The van der Waals surface area contributed by atoms with Crippen molar-refractivity contribution < 1.29 is 23.8 Å². The van der Waals surface area contributed by atoms with Crippen LogP contribution in [0, 0.1) is 21.6 Å². The summed E-state index contributed by atoms with van der Waals surface area (Å²) in [5.41, 5.74) is 35.7. The van der Waals surface area contributed by atoms with Crippen LogP contribution in [0.3, 0.4) is 0 Å². The van der Waals surface area contributed by atoms with Gasteiger partial charge in [-0.05, 0) is 82.3 Å². The van der Waals surface area contributed by atoms with E-state index in [2.05, 4.69) is 52.7 Å². The second-order valence-electron chi connectivity index (χ2n) is 12.6. The summed E-state index contributed by atoms with van der Waals surface area (Å²) in [5.74, 6) is -2.54. The first-order valence-electron chi connectivity index (χ1n) is 17.8. The Morgan fingerprint density at radius 2 is 0.817 bits per heavy atom. The first kappa shape index (κ1) is 46.5. The van der Waals surface area contributed by atoms with E-state index in [0.717, 1.165) is 0 Å². The minimum Gasteiger partial charge on any atom is -0.491 e. The Morgan fingerprint density at radius 3 is 1.13 bits per heavy atom. The van der Waals surface area contributed by atoms with Crippen molar-refractivity contribution in [2.24, 2.45) is 43.3 Å². The summed E-state index contributed by atoms with van der Waals surface area (Å²) in [6.07, 6.45) is 0. The summed E-state index contributed by atoms with van der Waals surface area (Å²) in [5, 5.41) is 52.0. The molecule has 0 saturated carbocycles. The number of ether oxygens (including phenoxy) is 3. The molecule has 3 aromatic carbocycles. The van der Waals surface area contributed by atoms with Gasteiger partial charge in [-0.2, -0.15) is 20.4 Å². The van der Waals surface area contributed by atoms with Crippen molar-refractivity contribution in [3.63, 3.8) is 0 Å². The molecule has 0 heterocycles. The van der Waals surface area contributed by atoms with Gasteiger partial charge in [0.1, 0.15) is 12.4 Å². The SMILES string of the molecule is COCCOCCOc1cc(C(=O)Nc2cc(/C(C)=N/NC(=N)N)cc(/C(C)=N/NC(=N)N)c2)cc(C(=O)Nc2cc(/C(C)=N/NC(=N)N)cc(/C(C)=N/NC(=N)N)c2)c1. The number of carbonyl (C=O) groups is 2. The van der Waals surface area contributed by atoms with Crippen molar-refractivity contribution in [3.8, 4) is 5.75 Å². The summed E-state index contributed by atoms with van der Waals surface area (Å²) < 4.78 is 16.5. The van der Waals surface area contributed by atoms with Crippen LogP contribution in [0.5, 0.6) is 5.75 Å². The number of rotatable bonds is 19. The van der Waals surface area contributed by atoms with Crippen molar-refractivity contribution >= 4 is 69.9 Å². The third-order valence-corrected chi connectivity index (χ3v) is 7.79. The van der Waals surface area contributed by atoms with Gasteiger partial charge in [0.05, 0.1) is 42.7 Å². The fourth-order valence-electron chi connectivity index (χ4n) is 4.88. The molecule has 0 unspecified atom stereocenters. The fraction of sp³-hybridized carbons (Fsp3) is 0.243. The molecule has 3 aromatic rings. The molecule has 0 radical (unpaired) electrons. The fourth-order valence-corrected chi connectivity index (χ4v) is 4.88. The van der Waals surface area contributed by atoms with E-state index in [0.29, 0.717) is 69.7 Å². The molecule has 2 amide bonds. The lowest BCUT2D eigenvalue weighted by atomic mass is 10.0. The van der Waals surface area contributed by atoms with Crippen LogP contribution in [-0.2, 0) is 9.47 Å². The van der Waals surface area contributed by atoms with E-state index in [-0.39, 0.29) is 53.9 Å². The van der Waals surface area contributed by atoms with Crippen molar-refractivity contribution in [2.45, 2.75) is 27.7 Å². The minimum atomic E-state index is -0.610. The Hall–Kier alpha value is -7.92. The molecule has 0 atom stereocenters. The quantitative estimate of drug-likeness (QED) is 0.0348. The van der Waals surface area contributed by atoms with Crippen molar-refractivity contribution in [3.05, 3.63) is 88.0 Å². The first-order chi connectivity index (χ1) is 28.4. The number of amides is 2. The molecule has 318 valence electrons. The second-order valence-corrected chi connectivity index (χ2v) is 12.6. The van der Waals surface area contributed by atoms with E-state index in [1.807, 2.05) is 0 Å². The van der Waals surface area contributed by atoms with Crippen LogP contribution < -0.4 is 60.0 Å². The summed E-state index contributed by atoms with van der Waals surface area (Å²) >= 11 is 0. The predicted octanol–water partition coefficient (Wildman–Crippen LogP) is 1.06. The highest BCUT2D eigenvalue weighted by Gasteiger charge is 2.18. The average molecular weight is 827 g/mol. The van der Waals surface area contributed by atoms with Crippen LogP contribution in [0.1, 0.15) is 70.7 Å². The smallest absolute Gasteiger partial charge is 0.255 e. The van der Waals surface area contributed by atoms with Gasteiger partial charge in [-0.25, -0.2) is 21.7 Å². The highest BCUT2D eigenvalue weighted by Crippen LogP contribution is 2.24. The molecule has 60 heavy (non-hydrogen) atoms. The lowest BCUT2D eigenvalue weighted by Gasteiger charge is -2.15. The van der Waals surface area contributed by atoms with E-state index in [1.165, 1.54) is 18.2 Å². The maximum absolute atomic E-state index is 14.0. The van der Waals surface area contributed by atoms with Gasteiger partial charge in [0, 0.05) is 51.9 Å². The lowest BCUT2D eigenvalue weighted by molar-refractivity contribution is 0.0544. The van der Waals surface area contributed by atoms with Crippen LogP contribution >= 0.6 is 0 Å². The van der Waals surface area contributed by atoms with Crippen LogP contribution in [0.4, 0.5) is 11.4 Å². The van der Waals surface area contributed by atoms with Gasteiger partial charge in [-0.1, -0.05) is 0 Å². The molecule has 18 N–H and O–H groups in total. The Balaban J connectivity index is 2.09.